The van der Waals surface area contributed by atoms with Crippen LogP contribution in [0.1, 0.15) is 73.1 Å². The van der Waals surface area contributed by atoms with Crippen LogP contribution in [0.4, 0.5) is 0 Å². The van der Waals surface area contributed by atoms with Crippen molar-refractivity contribution >= 4 is 0 Å². The van der Waals surface area contributed by atoms with Gasteiger partial charge in [-0.1, -0.05) is 19.8 Å². The van der Waals surface area contributed by atoms with Crippen molar-refractivity contribution in [2.45, 2.75) is 90.8 Å². The van der Waals surface area contributed by atoms with Crippen molar-refractivity contribution in [2.75, 3.05) is 13.1 Å². The van der Waals surface area contributed by atoms with Crippen LogP contribution in [0.3, 0.4) is 0 Å². The molecule has 0 aromatic carbocycles. The summed E-state index contributed by atoms with van der Waals surface area (Å²) in [5.74, 6) is 0. The number of nitrogens with zero attached hydrogens (tertiary/aromatic N) is 1. The summed E-state index contributed by atoms with van der Waals surface area (Å²) in [6.07, 6.45) is 8.25. The number of nitrogens with one attached hydrogen (secondary N) is 1. The van der Waals surface area contributed by atoms with Gasteiger partial charge in [-0.2, -0.15) is 0 Å². The molecule has 2 atom stereocenters. The third-order valence-corrected chi connectivity index (χ3v) is 4.08. The van der Waals surface area contributed by atoms with E-state index in [-0.39, 0.29) is 5.54 Å². The van der Waals surface area contributed by atoms with Gasteiger partial charge in [-0.05, 0) is 66.5 Å². The van der Waals surface area contributed by atoms with E-state index < -0.39 is 0 Å². The minimum Gasteiger partial charge on any atom is -0.312 e. The highest BCUT2D eigenvalue weighted by Gasteiger charge is 2.25. The molecule has 0 radical (unpaired) electrons. The van der Waals surface area contributed by atoms with Gasteiger partial charge in [-0.15, -0.1) is 0 Å². The fraction of sp³-hybridized carbons (Fsp3) is 1.00. The first-order chi connectivity index (χ1) is 8.44. The minimum atomic E-state index is 0.254. The molecule has 2 nitrogen and oxygen atoms in total. The maximum Gasteiger partial charge on any atom is 0.00979 e. The number of hydrogen-bond donors (Lipinski definition) is 1. The summed E-state index contributed by atoms with van der Waals surface area (Å²) in [5, 5.41) is 3.61. The molecule has 0 saturated carbocycles. The fourth-order valence-corrected chi connectivity index (χ4v) is 3.07. The van der Waals surface area contributed by atoms with Gasteiger partial charge < -0.3 is 5.32 Å². The Morgan fingerprint density at radius 1 is 1.28 bits per heavy atom. The van der Waals surface area contributed by atoms with Crippen LogP contribution in [-0.4, -0.2) is 35.6 Å². The predicted molar refractivity (Wildman–Crippen MR) is 81.1 cm³/mol. The highest BCUT2D eigenvalue weighted by atomic mass is 15.2. The summed E-state index contributed by atoms with van der Waals surface area (Å²) >= 11 is 0. The summed E-state index contributed by atoms with van der Waals surface area (Å²) in [4.78, 5) is 2.78. The first-order valence-electron chi connectivity index (χ1n) is 7.95. The van der Waals surface area contributed by atoms with Crippen LogP contribution in [0, 0.1) is 0 Å². The summed E-state index contributed by atoms with van der Waals surface area (Å²) in [5.41, 5.74) is 0.254. The lowest BCUT2D eigenvalue weighted by Gasteiger charge is -2.40. The quantitative estimate of drug-likeness (QED) is 0.775. The molecule has 1 fully saturated rings. The molecule has 0 aliphatic carbocycles. The molecule has 108 valence electrons. The second kappa shape index (κ2) is 7.49. The normalized spacial score (nSPS) is 24.2. The van der Waals surface area contributed by atoms with E-state index >= 15 is 0 Å². The molecule has 1 aliphatic rings. The van der Waals surface area contributed by atoms with Crippen LogP contribution in [-0.2, 0) is 0 Å². The predicted octanol–water partition coefficient (Wildman–Crippen LogP) is 3.81. The number of rotatable bonds is 6. The zero-order valence-electron chi connectivity index (χ0n) is 13.3. The molecule has 0 aromatic rings. The van der Waals surface area contributed by atoms with E-state index in [0.717, 1.165) is 18.6 Å². The fourth-order valence-electron chi connectivity index (χ4n) is 3.07. The highest BCUT2D eigenvalue weighted by Crippen LogP contribution is 2.24. The summed E-state index contributed by atoms with van der Waals surface area (Å²) in [7, 11) is 0. The lowest BCUT2D eigenvalue weighted by atomic mass is 9.95. The van der Waals surface area contributed by atoms with Crippen LogP contribution < -0.4 is 5.32 Å². The number of likely N-dealkylation sites (tertiary alicyclic amines) is 1. The van der Waals surface area contributed by atoms with Crippen molar-refractivity contribution < 1.29 is 0 Å². The first kappa shape index (κ1) is 16.0. The molecule has 1 aliphatic heterocycles. The Morgan fingerprint density at radius 2 is 2.00 bits per heavy atom. The van der Waals surface area contributed by atoms with E-state index in [0.29, 0.717) is 0 Å². The summed E-state index contributed by atoms with van der Waals surface area (Å²) in [6.45, 7) is 13.9. The Bertz CT molecular complexity index is 218. The van der Waals surface area contributed by atoms with Crippen LogP contribution in [0.15, 0.2) is 0 Å². The van der Waals surface area contributed by atoms with Gasteiger partial charge >= 0.3 is 0 Å². The number of hydrogen-bond acceptors (Lipinski definition) is 2. The average molecular weight is 254 g/mol. The Balaban J connectivity index is 2.35. The Labute approximate surface area is 115 Å². The molecule has 0 spiro atoms. The maximum atomic E-state index is 3.61. The van der Waals surface area contributed by atoms with Gasteiger partial charge in [0.25, 0.3) is 0 Å². The molecule has 2 unspecified atom stereocenters. The summed E-state index contributed by atoms with van der Waals surface area (Å²) < 4.78 is 0. The van der Waals surface area contributed by atoms with Crippen molar-refractivity contribution in [2.24, 2.45) is 0 Å². The molecule has 18 heavy (non-hydrogen) atoms. The van der Waals surface area contributed by atoms with E-state index in [1.165, 1.54) is 45.1 Å². The third-order valence-electron chi connectivity index (χ3n) is 4.08. The van der Waals surface area contributed by atoms with Gasteiger partial charge in [0.2, 0.25) is 0 Å². The van der Waals surface area contributed by atoms with Gasteiger partial charge in [0.05, 0.1) is 0 Å². The molecule has 0 bridgehead atoms. The smallest absolute Gasteiger partial charge is 0.00979 e. The van der Waals surface area contributed by atoms with Gasteiger partial charge in [-0.25, -0.2) is 0 Å². The Morgan fingerprint density at radius 3 is 2.61 bits per heavy atom. The number of piperidine rings is 1. The van der Waals surface area contributed by atoms with Gasteiger partial charge in [-0.3, -0.25) is 4.90 Å². The average Bonchev–Trinajstić information content (AvgIpc) is 2.28. The van der Waals surface area contributed by atoms with Crippen LogP contribution in [0.2, 0.25) is 0 Å². The topological polar surface area (TPSA) is 15.3 Å². The van der Waals surface area contributed by atoms with Crippen molar-refractivity contribution in [3.8, 4) is 0 Å². The zero-order chi connectivity index (χ0) is 13.6. The Hall–Kier alpha value is -0.0800. The second-order valence-electron chi connectivity index (χ2n) is 6.99. The summed E-state index contributed by atoms with van der Waals surface area (Å²) in [6, 6.07) is 1.59. The van der Waals surface area contributed by atoms with Gasteiger partial charge in [0.1, 0.15) is 0 Å². The molecule has 0 amide bonds. The minimum absolute atomic E-state index is 0.254. The maximum absolute atomic E-state index is 3.61. The Kier molecular flexibility index (Phi) is 6.65. The largest absolute Gasteiger partial charge is 0.312 e. The van der Waals surface area contributed by atoms with Crippen molar-refractivity contribution in [1.82, 2.24) is 10.2 Å². The highest BCUT2D eigenvalue weighted by molar-refractivity contribution is 4.82. The van der Waals surface area contributed by atoms with Crippen molar-refractivity contribution in [1.29, 1.82) is 0 Å². The lowest BCUT2D eigenvalue weighted by Crippen LogP contribution is -2.47. The lowest BCUT2D eigenvalue weighted by molar-refractivity contribution is 0.0909. The standard InChI is InChI=1S/C16H34N2/c1-6-9-15-10-7-8-13-18(15)14(2)11-12-17-16(3,4)5/h14-15,17H,6-13H2,1-5H3. The van der Waals surface area contributed by atoms with E-state index in [4.69, 9.17) is 0 Å². The van der Waals surface area contributed by atoms with Gasteiger partial charge in [0, 0.05) is 17.6 Å². The monoisotopic (exact) mass is 254 g/mol. The first-order valence-corrected chi connectivity index (χ1v) is 7.95. The van der Waals surface area contributed by atoms with Crippen molar-refractivity contribution in [3.05, 3.63) is 0 Å². The molecule has 0 aromatic heterocycles. The van der Waals surface area contributed by atoms with E-state index in [1.807, 2.05) is 0 Å². The van der Waals surface area contributed by atoms with E-state index in [2.05, 4.69) is 44.8 Å². The van der Waals surface area contributed by atoms with Gasteiger partial charge in [0.15, 0.2) is 0 Å². The van der Waals surface area contributed by atoms with Crippen LogP contribution >= 0.6 is 0 Å². The molecule has 1 N–H and O–H groups in total. The molecule has 1 rings (SSSR count). The molecular weight excluding hydrogens is 220 g/mol. The molecular formula is C16H34N2. The second-order valence-corrected chi connectivity index (χ2v) is 6.99. The molecule has 1 heterocycles. The molecule has 2 heteroatoms. The molecule has 1 saturated heterocycles. The van der Waals surface area contributed by atoms with E-state index in [9.17, 15) is 0 Å². The van der Waals surface area contributed by atoms with Crippen LogP contribution in [0.25, 0.3) is 0 Å². The van der Waals surface area contributed by atoms with E-state index in [1.54, 1.807) is 0 Å². The van der Waals surface area contributed by atoms with Crippen molar-refractivity contribution in [3.63, 3.8) is 0 Å². The SMILES string of the molecule is CCCC1CCCCN1C(C)CCNC(C)(C)C. The zero-order valence-corrected chi connectivity index (χ0v) is 13.3. The van der Waals surface area contributed by atoms with Crippen LogP contribution in [0.5, 0.6) is 0 Å². The third kappa shape index (κ3) is 5.71.